The van der Waals surface area contributed by atoms with Crippen molar-refractivity contribution in [3.05, 3.63) is 41.3 Å². The van der Waals surface area contributed by atoms with Gasteiger partial charge in [-0.3, -0.25) is 9.59 Å². The van der Waals surface area contributed by atoms with E-state index >= 15 is 0 Å². The Morgan fingerprint density at radius 2 is 1.86 bits per heavy atom. The Bertz CT molecular complexity index is 728. The lowest BCUT2D eigenvalue weighted by molar-refractivity contribution is -0.127. The number of hydrogen-bond acceptors (Lipinski definition) is 5. The van der Waals surface area contributed by atoms with Crippen LogP contribution in [0.25, 0.3) is 0 Å². The number of carbonyl (C=O) groups is 2. The van der Waals surface area contributed by atoms with Crippen LogP contribution in [-0.2, 0) is 4.79 Å². The number of para-hydroxylation sites is 2. The van der Waals surface area contributed by atoms with Gasteiger partial charge in [-0.1, -0.05) is 12.1 Å². The molecule has 2 heterocycles. The number of amides is 2. The highest BCUT2D eigenvalue weighted by Crippen LogP contribution is 2.34. The van der Waals surface area contributed by atoms with Gasteiger partial charge in [0.05, 0.1) is 5.56 Å². The number of nitrogens with one attached hydrogen (secondary N) is 1. The van der Waals surface area contributed by atoms with Crippen LogP contribution >= 0.6 is 11.3 Å². The van der Waals surface area contributed by atoms with E-state index in [-0.39, 0.29) is 11.5 Å². The zero-order chi connectivity index (χ0) is 15.7. The molecule has 1 aliphatic rings. The van der Waals surface area contributed by atoms with E-state index in [0.29, 0.717) is 16.5 Å². The molecule has 0 saturated carbocycles. The second kappa shape index (κ2) is 5.69. The van der Waals surface area contributed by atoms with E-state index in [0.717, 1.165) is 0 Å². The van der Waals surface area contributed by atoms with Crippen molar-refractivity contribution in [2.75, 3.05) is 5.32 Å². The number of hydrogen-bond donors (Lipinski definition) is 2. The third-order valence-electron chi connectivity index (χ3n) is 3.27. The summed E-state index contributed by atoms with van der Waals surface area (Å²) in [4.78, 5) is 23.7. The average molecular weight is 318 g/mol. The summed E-state index contributed by atoms with van der Waals surface area (Å²) in [5.41, 5.74) is 5.54. The minimum absolute atomic E-state index is 0.281. The summed E-state index contributed by atoms with van der Waals surface area (Å²) in [6, 6.07) is 8.73. The molecule has 1 aromatic heterocycles. The molecule has 0 aliphatic carbocycles. The number of benzene rings is 1. The maximum Gasteiger partial charge on any atom is 0.269 e. The van der Waals surface area contributed by atoms with Crippen LogP contribution in [0.4, 0.5) is 5.00 Å². The quantitative estimate of drug-likeness (QED) is 0.906. The predicted octanol–water partition coefficient (Wildman–Crippen LogP) is 2.01. The standard InChI is InChI=1S/C15H14N2O4S/c1-8-12(21-11-5-3-2-4-10(11)20-8)14(19)17-15-9(13(16)18)6-7-22-15/h2-8,12H,1H3,(H2,16,18)(H,17,19)/t8-,12+/m1/s1. The number of carbonyl (C=O) groups excluding carboxylic acids is 2. The fourth-order valence-electron chi connectivity index (χ4n) is 2.19. The van der Waals surface area contributed by atoms with Gasteiger partial charge in [0.1, 0.15) is 11.1 Å². The monoisotopic (exact) mass is 318 g/mol. The van der Waals surface area contributed by atoms with Crippen LogP contribution < -0.4 is 20.5 Å². The zero-order valence-electron chi connectivity index (χ0n) is 11.7. The molecule has 7 heteroatoms. The maximum atomic E-state index is 12.4. The molecule has 2 amide bonds. The summed E-state index contributed by atoms with van der Waals surface area (Å²) in [6.07, 6.45) is -1.26. The van der Waals surface area contributed by atoms with Crippen LogP contribution in [0.5, 0.6) is 11.5 Å². The van der Waals surface area contributed by atoms with Crippen LogP contribution in [0.15, 0.2) is 35.7 Å². The molecular weight excluding hydrogens is 304 g/mol. The van der Waals surface area contributed by atoms with Crippen LogP contribution in [0, 0.1) is 0 Å². The summed E-state index contributed by atoms with van der Waals surface area (Å²) in [5, 5.41) is 4.77. The Morgan fingerprint density at radius 1 is 1.18 bits per heavy atom. The van der Waals surface area contributed by atoms with E-state index in [1.54, 1.807) is 36.6 Å². The molecule has 22 heavy (non-hydrogen) atoms. The molecule has 0 spiro atoms. The zero-order valence-corrected chi connectivity index (χ0v) is 12.6. The predicted molar refractivity (Wildman–Crippen MR) is 82.4 cm³/mol. The molecule has 0 radical (unpaired) electrons. The molecule has 1 aliphatic heterocycles. The number of ether oxygens (including phenoxy) is 2. The molecule has 3 N–H and O–H groups in total. The van der Waals surface area contributed by atoms with E-state index in [4.69, 9.17) is 15.2 Å². The Labute approximate surface area is 130 Å². The molecule has 2 atom stereocenters. The Morgan fingerprint density at radius 3 is 2.55 bits per heavy atom. The normalized spacial score (nSPS) is 19.5. The second-order valence-corrected chi connectivity index (χ2v) is 5.74. The fraction of sp³-hybridized carbons (Fsp3) is 0.200. The van der Waals surface area contributed by atoms with Gasteiger partial charge in [0.2, 0.25) is 6.10 Å². The van der Waals surface area contributed by atoms with Gasteiger partial charge in [0.25, 0.3) is 11.8 Å². The van der Waals surface area contributed by atoms with E-state index in [1.165, 1.54) is 11.3 Å². The summed E-state index contributed by atoms with van der Waals surface area (Å²) in [5.74, 6) is 0.151. The molecule has 0 saturated heterocycles. The van der Waals surface area contributed by atoms with Crippen LogP contribution in [0.2, 0.25) is 0 Å². The van der Waals surface area contributed by atoms with E-state index < -0.39 is 18.1 Å². The van der Waals surface area contributed by atoms with Crippen molar-refractivity contribution in [3.63, 3.8) is 0 Å². The molecule has 0 fully saturated rings. The van der Waals surface area contributed by atoms with Crippen molar-refractivity contribution in [2.24, 2.45) is 5.73 Å². The molecular formula is C15H14N2O4S. The summed E-state index contributed by atoms with van der Waals surface area (Å²) >= 11 is 1.23. The van der Waals surface area contributed by atoms with Gasteiger partial charge in [-0.05, 0) is 30.5 Å². The van der Waals surface area contributed by atoms with Gasteiger partial charge in [0.15, 0.2) is 11.5 Å². The highest BCUT2D eigenvalue weighted by atomic mass is 32.1. The van der Waals surface area contributed by atoms with E-state index in [9.17, 15) is 9.59 Å². The van der Waals surface area contributed by atoms with Crippen molar-refractivity contribution in [2.45, 2.75) is 19.1 Å². The molecule has 6 nitrogen and oxygen atoms in total. The average Bonchev–Trinajstić information content (AvgIpc) is 2.94. The highest BCUT2D eigenvalue weighted by molar-refractivity contribution is 7.14. The Hall–Kier alpha value is -2.54. The van der Waals surface area contributed by atoms with Gasteiger partial charge in [0, 0.05) is 0 Å². The van der Waals surface area contributed by atoms with Gasteiger partial charge in [-0.15, -0.1) is 11.3 Å². The lowest BCUT2D eigenvalue weighted by Gasteiger charge is -2.30. The molecule has 2 aromatic rings. The summed E-state index contributed by atoms with van der Waals surface area (Å²) < 4.78 is 11.4. The first kappa shape index (κ1) is 14.4. The highest BCUT2D eigenvalue weighted by Gasteiger charge is 2.34. The Balaban J connectivity index is 1.78. The lowest BCUT2D eigenvalue weighted by atomic mass is 10.1. The minimum Gasteiger partial charge on any atom is -0.482 e. The molecule has 0 bridgehead atoms. The second-order valence-electron chi connectivity index (χ2n) is 4.83. The number of nitrogens with two attached hydrogens (primary N) is 1. The molecule has 1 aromatic carbocycles. The third kappa shape index (κ3) is 2.62. The number of fused-ring (bicyclic) bond motifs is 1. The molecule has 114 valence electrons. The number of rotatable bonds is 3. The van der Waals surface area contributed by atoms with Gasteiger partial charge in [-0.2, -0.15) is 0 Å². The smallest absolute Gasteiger partial charge is 0.269 e. The largest absolute Gasteiger partial charge is 0.482 e. The third-order valence-corrected chi connectivity index (χ3v) is 4.10. The van der Waals surface area contributed by atoms with Crippen LogP contribution in [-0.4, -0.2) is 24.0 Å². The van der Waals surface area contributed by atoms with Gasteiger partial charge >= 0.3 is 0 Å². The minimum atomic E-state index is -0.808. The summed E-state index contributed by atoms with van der Waals surface area (Å²) in [6.45, 7) is 1.75. The fourth-order valence-corrected chi connectivity index (χ4v) is 2.98. The topological polar surface area (TPSA) is 90.7 Å². The van der Waals surface area contributed by atoms with Crippen molar-refractivity contribution in [1.29, 1.82) is 0 Å². The van der Waals surface area contributed by atoms with Gasteiger partial charge in [-0.25, -0.2) is 0 Å². The molecule has 3 rings (SSSR count). The number of primary amides is 1. The van der Waals surface area contributed by atoms with Crippen molar-refractivity contribution >= 4 is 28.2 Å². The van der Waals surface area contributed by atoms with E-state index in [1.807, 2.05) is 6.07 Å². The Kier molecular flexibility index (Phi) is 3.72. The lowest BCUT2D eigenvalue weighted by Crippen LogP contribution is -2.46. The molecule has 0 unspecified atom stereocenters. The van der Waals surface area contributed by atoms with E-state index in [2.05, 4.69) is 5.32 Å². The maximum absolute atomic E-state index is 12.4. The first-order chi connectivity index (χ1) is 10.6. The van der Waals surface area contributed by atoms with Crippen LogP contribution in [0.1, 0.15) is 17.3 Å². The summed E-state index contributed by atoms with van der Waals surface area (Å²) in [7, 11) is 0. The SMILES string of the molecule is C[C@H]1Oc2ccccc2O[C@@H]1C(=O)Nc1sccc1C(N)=O. The van der Waals surface area contributed by atoms with Gasteiger partial charge < -0.3 is 20.5 Å². The first-order valence-electron chi connectivity index (χ1n) is 6.67. The van der Waals surface area contributed by atoms with Crippen LogP contribution in [0.3, 0.4) is 0 Å². The number of anilines is 1. The van der Waals surface area contributed by atoms with Crippen molar-refractivity contribution in [1.82, 2.24) is 0 Å². The number of thiophene rings is 1. The van der Waals surface area contributed by atoms with Crippen molar-refractivity contribution < 1.29 is 19.1 Å². The van der Waals surface area contributed by atoms with Crippen molar-refractivity contribution in [3.8, 4) is 11.5 Å². The first-order valence-corrected chi connectivity index (χ1v) is 7.54.